The molecule has 9 heteroatoms. The number of hydrogen-bond donors (Lipinski definition) is 0. The minimum absolute atomic E-state index is 0.00900. The second-order valence-corrected chi connectivity index (χ2v) is 8.79. The van der Waals surface area contributed by atoms with Crippen LogP contribution in [0.25, 0.3) is 0 Å². The number of ether oxygens (including phenoxy) is 3. The number of sulfonamides is 1. The Morgan fingerprint density at radius 1 is 1.14 bits per heavy atom. The molecule has 0 aliphatic carbocycles. The molecule has 0 unspecified atom stereocenters. The van der Waals surface area contributed by atoms with E-state index in [0.717, 1.165) is 4.31 Å². The lowest BCUT2D eigenvalue weighted by molar-refractivity contribution is -0.134. The minimum atomic E-state index is -3.91. The van der Waals surface area contributed by atoms with Crippen molar-refractivity contribution in [2.75, 3.05) is 26.8 Å². The van der Waals surface area contributed by atoms with Gasteiger partial charge in [0.15, 0.2) is 11.5 Å². The predicted octanol–water partition coefficient (Wildman–Crippen LogP) is 3.04. The summed E-state index contributed by atoms with van der Waals surface area (Å²) in [5, 5.41) is 0.520. The van der Waals surface area contributed by atoms with E-state index >= 15 is 0 Å². The summed E-state index contributed by atoms with van der Waals surface area (Å²) in [6, 6.07) is 9.19. The first-order valence-electron chi connectivity index (χ1n) is 8.60. The molecule has 28 heavy (non-hydrogen) atoms. The number of carbonyl (C=O) groups excluding carboxylic acids is 1. The third-order valence-corrected chi connectivity index (χ3v) is 6.17. The number of hydrogen-bond acceptors (Lipinski definition) is 6. The number of aryl methyl sites for hydroxylation is 1. The molecule has 7 nitrogen and oxygen atoms in total. The molecule has 0 amide bonds. The second-order valence-electron chi connectivity index (χ2n) is 6.30. The molecule has 0 saturated carbocycles. The highest BCUT2D eigenvalue weighted by Crippen LogP contribution is 2.32. The van der Waals surface area contributed by atoms with Crippen LogP contribution in [0.3, 0.4) is 0 Å². The van der Waals surface area contributed by atoms with Crippen LogP contribution >= 0.6 is 11.6 Å². The van der Waals surface area contributed by atoms with Gasteiger partial charge < -0.3 is 14.2 Å². The molecule has 1 aliphatic heterocycles. The van der Waals surface area contributed by atoms with Crippen LogP contribution in [0.5, 0.6) is 17.2 Å². The van der Waals surface area contributed by atoms with Crippen LogP contribution in [0.15, 0.2) is 41.3 Å². The van der Waals surface area contributed by atoms with Crippen molar-refractivity contribution in [1.82, 2.24) is 4.31 Å². The lowest BCUT2D eigenvalue weighted by Gasteiger charge is -2.18. The number of benzene rings is 2. The van der Waals surface area contributed by atoms with Crippen LogP contribution in [0, 0.1) is 6.92 Å². The molecular formula is C19H20ClNO6S. The van der Waals surface area contributed by atoms with Gasteiger partial charge in [-0.3, -0.25) is 4.79 Å². The highest BCUT2D eigenvalue weighted by Gasteiger charge is 2.26. The molecule has 3 rings (SSSR count). The van der Waals surface area contributed by atoms with E-state index in [4.69, 9.17) is 25.8 Å². The predicted molar refractivity (Wildman–Crippen MR) is 104 cm³/mol. The number of rotatable bonds is 5. The topological polar surface area (TPSA) is 82.1 Å². The first-order chi connectivity index (χ1) is 13.3. The Kier molecular flexibility index (Phi) is 6.12. The molecule has 150 valence electrons. The van der Waals surface area contributed by atoms with Crippen molar-refractivity contribution in [3.63, 3.8) is 0 Å². The summed E-state index contributed by atoms with van der Waals surface area (Å²) >= 11 is 5.88. The van der Waals surface area contributed by atoms with Crippen molar-refractivity contribution in [3.8, 4) is 17.2 Å². The Bertz CT molecular complexity index is 992. The summed E-state index contributed by atoms with van der Waals surface area (Å²) in [6.07, 6.45) is 0.715. The number of likely N-dealkylation sites (N-methyl/N-ethyl adjacent to an activating group) is 1. The third kappa shape index (κ3) is 4.57. The number of nitrogens with zero attached hydrogens (tertiary/aromatic N) is 1. The SMILES string of the molecule is Cc1cc(Cl)ccc1OC(=O)CN(C)S(=O)(=O)c1ccc2c(c1)OCCCO2. The van der Waals surface area contributed by atoms with E-state index in [9.17, 15) is 13.2 Å². The van der Waals surface area contributed by atoms with Gasteiger partial charge in [0.05, 0.1) is 18.1 Å². The van der Waals surface area contributed by atoms with Gasteiger partial charge in [-0.05, 0) is 42.8 Å². The van der Waals surface area contributed by atoms with Crippen molar-refractivity contribution in [2.45, 2.75) is 18.2 Å². The van der Waals surface area contributed by atoms with Crippen LogP contribution in [-0.2, 0) is 14.8 Å². The van der Waals surface area contributed by atoms with E-state index < -0.39 is 22.5 Å². The molecule has 2 aromatic rings. The van der Waals surface area contributed by atoms with Crippen molar-refractivity contribution in [1.29, 1.82) is 0 Å². The molecule has 0 N–H and O–H groups in total. The summed E-state index contributed by atoms with van der Waals surface area (Å²) in [7, 11) is -2.60. The quantitative estimate of drug-likeness (QED) is 0.541. The standard InChI is InChI=1S/C19H20ClNO6S/c1-13-10-14(20)4-6-16(13)27-19(22)12-21(2)28(23,24)15-5-7-17-18(11-15)26-9-3-8-25-17/h4-7,10-11H,3,8-9,12H2,1-2H3. The molecule has 2 aromatic carbocycles. The summed E-state index contributed by atoms with van der Waals surface area (Å²) in [5.41, 5.74) is 0.675. The van der Waals surface area contributed by atoms with E-state index in [1.807, 2.05) is 0 Å². The zero-order chi connectivity index (χ0) is 20.3. The normalized spacial score (nSPS) is 13.9. The van der Waals surface area contributed by atoms with Gasteiger partial charge in [0, 0.05) is 24.6 Å². The molecular weight excluding hydrogens is 406 g/mol. The fraction of sp³-hybridized carbons (Fsp3) is 0.316. The monoisotopic (exact) mass is 425 g/mol. The lowest BCUT2D eigenvalue weighted by atomic mass is 10.2. The fourth-order valence-electron chi connectivity index (χ4n) is 2.63. The zero-order valence-electron chi connectivity index (χ0n) is 15.5. The fourth-order valence-corrected chi connectivity index (χ4v) is 3.99. The van der Waals surface area contributed by atoms with E-state index in [2.05, 4.69) is 0 Å². The first-order valence-corrected chi connectivity index (χ1v) is 10.4. The van der Waals surface area contributed by atoms with Gasteiger partial charge in [-0.2, -0.15) is 4.31 Å². The summed E-state index contributed by atoms with van der Waals surface area (Å²) in [4.78, 5) is 12.2. The lowest BCUT2D eigenvalue weighted by Crippen LogP contribution is -2.34. The van der Waals surface area contributed by atoms with E-state index in [-0.39, 0.29) is 4.90 Å². The minimum Gasteiger partial charge on any atom is -0.490 e. The van der Waals surface area contributed by atoms with Gasteiger partial charge in [-0.1, -0.05) is 11.6 Å². The van der Waals surface area contributed by atoms with Gasteiger partial charge in [0.1, 0.15) is 12.3 Å². The average molecular weight is 426 g/mol. The second kappa shape index (κ2) is 8.38. The Labute approximate surface area is 168 Å². The van der Waals surface area contributed by atoms with Crippen molar-refractivity contribution in [2.24, 2.45) is 0 Å². The molecule has 0 saturated heterocycles. The van der Waals surface area contributed by atoms with Crippen LogP contribution in [0.2, 0.25) is 5.02 Å². The summed E-state index contributed by atoms with van der Waals surface area (Å²) < 4.78 is 42.9. The third-order valence-electron chi connectivity index (χ3n) is 4.14. The van der Waals surface area contributed by atoms with E-state index in [0.29, 0.717) is 47.5 Å². The van der Waals surface area contributed by atoms with E-state index in [1.54, 1.807) is 31.2 Å². The molecule has 1 aliphatic rings. The summed E-state index contributed by atoms with van der Waals surface area (Å²) in [5.74, 6) is 0.490. The van der Waals surface area contributed by atoms with Gasteiger partial charge in [-0.15, -0.1) is 0 Å². The highest BCUT2D eigenvalue weighted by atomic mass is 35.5. The maximum Gasteiger partial charge on any atom is 0.326 e. The molecule has 0 spiro atoms. The largest absolute Gasteiger partial charge is 0.490 e. The van der Waals surface area contributed by atoms with Gasteiger partial charge in [0.2, 0.25) is 10.0 Å². The molecule has 1 heterocycles. The van der Waals surface area contributed by atoms with Crippen molar-refractivity contribution >= 4 is 27.6 Å². The number of esters is 1. The molecule has 0 radical (unpaired) electrons. The average Bonchev–Trinajstić information content (AvgIpc) is 2.88. The summed E-state index contributed by atoms with van der Waals surface area (Å²) in [6.45, 7) is 2.25. The van der Waals surface area contributed by atoms with Gasteiger partial charge in [0.25, 0.3) is 0 Å². The number of fused-ring (bicyclic) bond motifs is 1. The Balaban J connectivity index is 1.73. The first kappa shape index (κ1) is 20.4. The van der Waals surface area contributed by atoms with Gasteiger partial charge >= 0.3 is 5.97 Å². The van der Waals surface area contributed by atoms with Gasteiger partial charge in [-0.25, -0.2) is 8.42 Å². The molecule has 0 atom stereocenters. The molecule has 0 bridgehead atoms. The van der Waals surface area contributed by atoms with Crippen LogP contribution in [0.4, 0.5) is 0 Å². The molecule has 0 fully saturated rings. The van der Waals surface area contributed by atoms with Crippen LogP contribution in [-0.4, -0.2) is 45.5 Å². The number of carbonyl (C=O) groups is 1. The smallest absolute Gasteiger partial charge is 0.326 e. The Hall–Kier alpha value is -2.29. The van der Waals surface area contributed by atoms with Crippen molar-refractivity contribution < 1.29 is 27.4 Å². The Morgan fingerprint density at radius 3 is 2.57 bits per heavy atom. The maximum atomic E-state index is 12.8. The van der Waals surface area contributed by atoms with E-state index in [1.165, 1.54) is 19.2 Å². The van der Waals surface area contributed by atoms with Crippen LogP contribution < -0.4 is 14.2 Å². The van der Waals surface area contributed by atoms with Crippen molar-refractivity contribution in [3.05, 3.63) is 47.0 Å². The number of halogens is 1. The van der Waals surface area contributed by atoms with Crippen LogP contribution in [0.1, 0.15) is 12.0 Å². The Morgan fingerprint density at radius 2 is 1.86 bits per heavy atom. The molecule has 0 aromatic heterocycles. The highest BCUT2D eigenvalue weighted by molar-refractivity contribution is 7.89. The maximum absolute atomic E-state index is 12.8. The zero-order valence-corrected chi connectivity index (χ0v) is 17.0.